The second-order valence-corrected chi connectivity index (χ2v) is 8.98. The molecule has 1 N–H and O–H groups in total. The van der Waals surface area contributed by atoms with Crippen molar-refractivity contribution in [2.24, 2.45) is 0 Å². The third-order valence-electron chi connectivity index (χ3n) is 6.39. The van der Waals surface area contributed by atoms with Crippen LogP contribution in [0.15, 0.2) is 73.1 Å². The van der Waals surface area contributed by atoms with E-state index in [1.54, 1.807) is 14.2 Å². The van der Waals surface area contributed by atoms with Gasteiger partial charge in [0.15, 0.2) is 11.4 Å². The lowest BCUT2D eigenvalue weighted by molar-refractivity contribution is -0.121. The van der Waals surface area contributed by atoms with Crippen molar-refractivity contribution in [3.8, 4) is 17.2 Å². The molecule has 7 nitrogen and oxygen atoms in total. The highest BCUT2D eigenvalue weighted by Crippen LogP contribution is 2.35. The molecule has 0 saturated carbocycles. The lowest BCUT2D eigenvalue weighted by atomic mass is 9.91. The van der Waals surface area contributed by atoms with Crippen LogP contribution in [0.1, 0.15) is 55.3 Å². The Morgan fingerprint density at radius 1 is 1.00 bits per heavy atom. The summed E-state index contributed by atoms with van der Waals surface area (Å²) in [6.45, 7) is 3.27. The molecule has 2 aromatic heterocycles. The first-order chi connectivity index (χ1) is 18.1. The minimum Gasteiger partial charge on any atom is -0.497 e. The topological polar surface area (TPSA) is 74.1 Å². The number of carbonyl (C=O) groups is 1. The fourth-order valence-corrected chi connectivity index (χ4v) is 4.39. The van der Waals surface area contributed by atoms with Crippen LogP contribution < -0.4 is 19.5 Å². The van der Waals surface area contributed by atoms with E-state index < -0.39 is 0 Å². The number of methoxy groups -OCH3 is 2. The maximum absolute atomic E-state index is 13.0. The van der Waals surface area contributed by atoms with Gasteiger partial charge in [-0.1, -0.05) is 50.1 Å². The number of hydrogen-bond donors (Lipinski definition) is 1. The van der Waals surface area contributed by atoms with Crippen molar-refractivity contribution in [2.45, 2.75) is 45.1 Å². The van der Waals surface area contributed by atoms with E-state index >= 15 is 0 Å². The van der Waals surface area contributed by atoms with Gasteiger partial charge in [0.2, 0.25) is 5.91 Å². The van der Waals surface area contributed by atoms with E-state index in [4.69, 9.17) is 19.2 Å². The van der Waals surface area contributed by atoms with E-state index in [1.165, 1.54) is 0 Å². The molecule has 0 fully saturated rings. The van der Waals surface area contributed by atoms with Gasteiger partial charge in [-0.25, -0.2) is 4.98 Å². The molecule has 0 aliphatic rings. The lowest BCUT2D eigenvalue weighted by Crippen LogP contribution is -2.26. The third kappa shape index (κ3) is 6.61. The number of fused-ring (bicyclic) bond motifs is 1. The number of nitrogens with zero attached hydrogens (tertiary/aromatic N) is 2. The number of imidazole rings is 1. The Kier molecular flexibility index (Phi) is 9.03. The van der Waals surface area contributed by atoms with Gasteiger partial charge >= 0.3 is 0 Å². The highest BCUT2D eigenvalue weighted by atomic mass is 16.5. The molecular weight excluding hydrogens is 466 g/mol. The van der Waals surface area contributed by atoms with Gasteiger partial charge in [0.05, 0.1) is 19.9 Å². The van der Waals surface area contributed by atoms with E-state index in [0.717, 1.165) is 36.1 Å². The fraction of sp³-hybridized carbons (Fsp3) is 0.333. The maximum Gasteiger partial charge on any atom is 0.221 e. The molecule has 0 spiro atoms. The number of pyridine rings is 1. The van der Waals surface area contributed by atoms with Crippen molar-refractivity contribution in [2.75, 3.05) is 20.8 Å². The molecule has 1 amide bonds. The molecule has 1 atom stereocenters. The molecule has 0 aliphatic carbocycles. The number of aromatic nitrogens is 2. The van der Waals surface area contributed by atoms with E-state index in [0.29, 0.717) is 36.0 Å². The van der Waals surface area contributed by atoms with Crippen LogP contribution in [0.2, 0.25) is 0 Å². The number of rotatable bonds is 13. The molecule has 4 aromatic rings. The molecule has 4 rings (SSSR count). The second-order valence-electron chi connectivity index (χ2n) is 8.98. The summed E-state index contributed by atoms with van der Waals surface area (Å²) in [7, 11) is 3.25. The van der Waals surface area contributed by atoms with E-state index in [9.17, 15) is 4.79 Å². The van der Waals surface area contributed by atoms with E-state index in [2.05, 4.69) is 12.2 Å². The monoisotopic (exact) mass is 501 g/mol. The Bertz CT molecular complexity index is 1280. The first kappa shape index (κ1) is 26.1. The SMILES string of the molecule is CCCCCNC(=O)CC(c1cc(OC)cc(OC)c1)c1cnc2c(OCc3ccccc3)cccn12. The Morgan fingerprint density at radius 2 is 1.76 bits per heavy atom. The second kappa shape index (κ2) is 12.8. The van der Waals surface area contributed by atoms with Crippen LogP contribution in [0.4, 0.5) is 0 Å². The summed E-state index contributed by atoms with van der Waals surface area (Å²) in [6, 6.07) is 19.6. The minimum atomic E-state index is -0.269. The average molecular weight is 502 g/mol. The van der Waals surface area contributed by atoms with Gasteiger partial charge in [0.1, 0.15) is 18.1 Å². The summed E-state index contributed by atoms with van der Waals surface area (Å²) < 4.78 is 19.2. The minimum absolute atomic E-state index is 0.00526. The van der Waals surface area contributed by atoms with Gasteiger partial charge in [0.25, 0.3) is 0 Å². The van der Waals surface area contributed by atoms with E-state index in [1.807, 2.05) is 77.5 Å². The van der Waals surface area contributed by atoms with Crippen molar-refractivity contribution in [3.63, 3.8) is 0 Å². The summed E-state index contributed by atoms with van der Waals surface area (Å²) in [6.07, 6.45) is 7.22. The molecule has 7 heteroatoms. The molecule has 0 aliphatic heterocycles. The van der Waals surface area contributed by atoms with Gasteiger partial charge in [0, 0.05) is 37.3 Å². The van der Waals surface area contributed by atoms with Crippen molar-refractivity contribution in [1.29, 1.82) is 0 Å². The fourth-order valence-electron chi connectivity index (χ4n) is 4.39. The lowest BCUT2D eigenvalue weighted by Gasteiger charge is -2.19. The number of amides is 1. The number of ether oxygens (including phenoxy) is 3. The first-order valence-electron chi connectivity index (χ1n) is 12.7. The van der Waals surface area contributed by atoms with Crippen LogP contribution in [-0.4, -0.2) is 36.1 Å². The van der Waals surface area contributed by atoms with Crippen LogP contribution in [0, 0.1) is 0 Å². The van der Waals surface area contributed by atoms with Crippen LogP contribution in [0.3, 0.4) is 0 Å². The predicted octanol–water partition coefficient (Wildman–Crippen LogP) is 5.76. The molecule has 0 radical (unpaired) electrons. The van der Waals surface area contributed by atoms with Crippen molar-refractivity contribution < 1.29 is 19.0 Å². The molecule has 0 bridgehead atoms. The van der Waals surface area contributed by atoms with Gasteiger partial charge in [-0.2, -0.15) is 0 Å². The number of carbonyl (C=O) groups excluding carboxylic acids is 1. The Morgan fingerprint density at radius 3 is 2.46 bits per heavy atom. The Labute approximate surface area is 218 Å². The van der Waals surface area contributed by atoms with Gasteiger partial charge in [-0.15, -0.1) is 0 Å². The number of hydrogen-bond acceptors (Lipinski definition) is 5. The standard InChI is InChI=1S/C30H35N3O4/c1-4-5-9-14-31-29(34)19-26(23-16-24(35-2)18-25(17-23)36-3)27-20-32-30-28(13-10-15-33(27)30)37-21-22-11-7-6-8-12-22/h6-8,10-13,15-18,20,26H,4-5,9,14,19,21H2,1-3H3,(H,31,34). The van der Waals surface area contributed by atoms with Crippen LogP contribution >= 0.6 is 0 Å². The zero-order chi connectivity index (χ0) is 26.0. The largest absolute Gasteiger partial charge is 0.497 e. The highest BCUT2D eigenvalue weighted by Gasteiger charge is 2.24. The van der Waals surface area contributed by atoms with Crippen LogP contribution in [0.25, 0.3) is 5.65 Å². The van der Waals surface area contributed by atoms with E-state index in [-0.39, 0.29) is 18.2 Å². The highest BCUT2D eigenvalue weighted by molar-refractivity contribution is 5.77. The maximum atomic E-state index is 13.0. The van der Waals surface area contributed by atoms with Gasteiger partial charge in [-0.05, 0) is 41.8 Å². The smallest absolute Gasteiger partial charge is 0.221 e. The summed E-state index contributed by atoms with van der Waals surface area (Å²) in [5.74, 6) is 1.75. The quantitative estimate of drug-likeness (QED) is 0.236. The molecule has 194 valence electrons. The van der Waals surface area contributed by atoms with Crippen molar-refractivity contribution in [3.05, 3.63) is 89.9 Å². The van der Waals surface area contributed by atoms with Gasteiger partial charge < -0.3 is 23.9 Å². The third-order valence-corrected chi connectivity index (χ3v) is 6.39. The van der Waals surface area contributed by atoms with Crippen LogP contribution in [-0.2, 0) is 11.4 Å². The summed E-state index contributed by atoms with van der Waals surface area (Å²) in [4.78, 5) is 17.7. The molecule has 2 heterocycles. The normalized spacial score (nSPS) is 11.8. The Balaban J connectivity index is 1.67. The molecule has 37 heavy (non-hydrogen) atoms. The van der Waals surface area contributed by atoms with Crippen LogP contribution in [0.5, 0.6) is 17.2 Å². The molecule has 0 saturated heterocycles. The predicted molar refractivity (Wildman–Crippen MR) is 145 cm³/mol. The van der Waals surface area contributed by atoms with Gasteiger partial charge in [-0.3, -0.25) is 4.79 Å². The number of nitrogens with one attached hydrogen (secondary N) is 1. The first-order valence-corrected chi connectivity index (χ1v) is 12.7. The number of benzene rings is 2. The molecule has 1 unspecified atom stereocenters. The molecule has 2 aromatic carbocycles. The summed E-state index contributed by atoms with van der Waals surface area (Å²) >= 11 is 0. The summed E-state index contributed by atoms with van der Waals surface area (Å²) in [5.41, 5.74) is 3.59. The zero-order valence-corrected chi connectivity index (χ0v) is 21.8. The van der Waals surface area contributed by atoms with Crippen molar-refractivity contribution in [1.82, 2.24) is 14.7 Å². The average Bonchev–Trinajstić information content (AvgIpc) is 3.37. The van der Waals surface area contributed by atoms with Crippen molar-refractivity contribution >= 4 is 11.6 Å². The Hall–Kier alpha value is -4.00. The zero-order valence-electron chi connectivity index (χ0n) is 21.8. The summed E-state index contributed by atoms with van der Waals surface area (Å²) in [5, 5.41) is 3.08. The number of unbranched alkanes of at least 4 members (excludes halogenated alkanes) is 2. The molecular formula is C30H35N3O4.